The van der Waals surface area contributed by atoms with Gasteiger partial charge in [-0.3, -0.25) is 9.59 Å². The van der Waals surface area contributed by atoms with Crippen LogP contribution in [0.5, 0.6) is 5.88 Å². The standard InChI is InChI=1S/C21H24ClN3O3/c1-14(2)28-20-19(22)12-17(13-23-20)21(27)25-10-8-24(9-11-25)18-6-4-16(5-7-18)15(3)26/h4-7,12-14H,8-11H2,1-3H3. The van der Waals surface area contributed by atoms with Gasteiger partial charge in [-0.2, -0.15) is 0 Å². The lowest BCUT2D eigenvalue weighted by Crippen LogP contribution is -2.48. The lowest BCUT2D eigenvalue weighted by Gasteiger charge is -2.36. The summed E-state index contributed by atoms with van der Waals surface area (Å²) < 4.78 is 5.52. The Morgan fingerprint density at radius 2 is 1.71 bits per heavy atom. The predicted octanol–water partition coefficient (Wildman–Crippen LogP) is 3.69. The van der Waals surface area contributed by atoms with Crippen molar-refractivity contribution in [3.63, 3.8) is 0 Å². The average molecular weight is 402 g/mol. The van der Waals surface area contributed by atoms with Crippen molar-refractivity contribution in [2.75, 3.05) is 31.1 Å². The number of anilines is 1. The molecule has 2 aromatic rings. The molecule has 0 radical (unpaired) electrons. The van der Waals surface area contributed by atoms with Gasteiger partial charge in [0.05, 0.1) is 11.7 Å². The average Bonchev–Trinajstić information content (AvgIpc) is 2.69. The molecule has 7 heteroatoms. The fourth-order valence-electron chi connectivity index (χ4n) is 3.11. The van der Waals surface area contributed by atoms with Gasteiger partial charge in [0.25, 0.3) is 5.91 Å². The first-order valence-electron chi connectivity index (χ1n) is 9.32. The molecule has 1 amide bonds. The third kappa shape index (κ3) is 4.62. The van der Waals surface area contributed by atoms with Crippen molar-refractivity contribution in [3.8, 4) is 5.88 Å². The lowest BCUT2D eigenvalue weighted by molar-refractivity contribution is 0.0746. The van der Waals surface area contributed by atoms with Gasteiger partial charge >= 0.3 is 0 Å². The summed E-state index contributed by atoms with van der Waals surface area (Å²) in [5.74, 6) is 0.308. The fourth-order valence-corrected chi connectivity index (χ4v) is 3.32. The van der Waals surface area contributed by atoms with E-state index < -0.39 is 0 Å². The number of ether oxygens (including phenoxy) is 1. The summed E-state index contributed by atoms with van der Waals surface area (Å²) in [4.78, 5) is 32.4. The van der Waals surface area contributed by atoms with Gasteiger partial charge in [-0.05, 0) is 51.1 Å². The van der Waals surface area contributed by atoms with Crippen molar-refractivity contribution in [2.45, 2.75) is 26.9 Å². The van der Waals surface area contributed by atoms with Crippen LogP contribution in [-0.4, -0.2) is 53.9 Å². The van der Waals surface area contributed by atoms with E-state index in [0.717, 1.165) is 18.8 Å². The maximum atomic E-state index is 12.8. The second-order valence-electron chi connectivity index (χ2n) is 7.06. The van der Waals surface area contributed by atoms with Crippen molar-refractivity contribution in [1.29, 1.82) is 0 Å². The number of piperazine rings is 1. The number of nitrogens with zero attached hydrogens (tertiary/aromatic N) is 3. The number of amides is 1. The van der Waals surface area contributed by atoms with Crippen molar-refractivity contribution in [3.05, 3.63) is 52.7 Å². The maximum absolute atomic E-state index is 12.8. The van der Waals surface area contributed by atoms with Gasteiger partial charge in [-0.1, -0.05) is 11.6 Å². The summed E-state index contributed by atoms with van der Waals surface area (Å²) in [7, 11) is 0. The SMILES string of the molecule is CC(=O)c1ccc(N2CCN(C(=O)c3cnc(OC(C)C)c(Cl)c3)CC2)cc1. The molecule has 0 N–H and O–H groups in total. The molecule has 1 saturated heterocycles. The Labute approximate surface area is 170 Å². The molecule has 1 fully saturated rings. The summed E-state index contributed by atoms with van der Waals surface area (Å²) in [5.41, 5.74) is 2.21. The minimum atomic E-state index is -0.0860. The van der Waals surface area contributed by atoms with Crippen LogP contribution in [-0.2, 0) is 0 Å². The highest BCUT2D eigenvalue weighted by Gasteiger charge is 2.23. The number of carbonyl (C=O) groups is 2. The summed E-state index contributed by atoms with van der Waals surface area (Å²) >= 11 is 6.20. The topological polar surface area (TPSA) is 62.7 Å². The second kappa shape index (κ2) is 8.61. The molecule has 0 unspecified atom stereocenters. The van der Waals surface area contributed by atoms with Gasteiger partial charge in [0.15, 0.2) is 5.78 Å². The zero-order chi connectivity index (χ0) is 20.3. The van der Waals surface area contributed by atoms with Crippen molar-refractivity contribution >= 4 is 29.0 Å². The summed E-state index contributed by atoms with van der Waals surface area (Å²) in [6.07, 6.45) is 1.47. The van der Waals surface area contributed by atoms with Crippen molar-refractivity contribution in [2.24, 2.45) is 0 Å². The number of pyridine rings is 1. The van der Waals surface area contributed by atoms with Crippen LogP contribution in [0.2, 0.25) is 5.02 Å². The Morgan fingerprint density at radius 1 is 1.07 bits per heavy atom. The number of ketones is 1. The van der Waals surface area contributed by atoms with Crippen LogP contribution in [0.15, 0.2) is 36.5 Å². The smallest absolute Gasteiger partial charge is 0.255 e. The molecule has 0 spiro atoms. The van der Waals surface area contributed by atoms with Crippen LogP contribution < -0.4 is 9.64 Å². The second-order valence-corrected chi connectivity index (χ2v) is 7.47. The van der Waals surface area contributed by atoms with Crippen LogP contribution in [0.3, 0.4) is 0 Å². The molecule has 148 valence electrons. The van der Waals surface area contributed by atoms with Gasteiger partial charge < -0.3 is 14.5 Å². The lowest BCUT2D eigenvalue weighted by atomic mass is 10.1. The van der Waals surface area contributed by atoms with E-state index in [1.54, 1.807) is 17.9 Å². The third-order valence-corrected chi connectivity index (χ3v) is 4.88. The number of hydrogen-bond donors (Lipinski definition) is 0. The van der Waals surface area contributed by atoms with E-state index >= 15 is 0 Å². The number of carbonyl (C=O) groups excluding carboxylic acids is 2. The molecule has 2 heterocycles. The number of hydrogen-bond acceptors (Lipinski definition) is 5. The molecule has 1 aliphatic rings. The van der Waals surface area contributed by atoms with Crippen LogP contribution in [0.25, 0.3) is 0 Å². The quantitative estimate of drug-likeness (QED) is 0.715. The first-order valence-corrected chi connectivity index (χ1v) is 9.70. The number of Topliss-reactive ketones (excluding diaryl/α,β-unsaturated/α-hetero) is 1. The van der Waals surface area contributed by atoms with Gasteiger partial charge in [0.1, 0.15) is 5.02 Å². The van der Waals surface area contributed by atoms with Gasteiger partial charge in [0.2, 0.25) is 5.88 Å². The predicted molar refractivity (Wildman–Crippen MR) is 110 cm³/mol. The minimum Gasteiger partial charge on any atom is -0.474 e. The Morgan fingerprint density at radius 3 is 2.25 bits per heavy atom. The van der Waals surface area contributed by atoms with E-state index in [0.29, 0.717) is 35.1 Å². The highest BCUT2D eigenvalue weighted by Crippen LogP contribution is 2.25. The van der Waals surface area contributed by atoms with Crippen molar-refractivity contribution < 1.29 is 14.3 Å². The third-order valence-electron chi connectivity index (χ3n) is 4.61. The molecule has 0 aliphatic carbocycles. The van der Waals surface area contributed by atoms with Crippen LogP contribution in [0.1, 0.15) is 41.5 Å². The number of benzene rings is 1. The first kappa shape index (κ1) is 20.1. The highest BCUT2D eigenvalue weighted by molar-refractivity contribution is 6.32. The Kier molecular flexibility index (Phi) is 6.19. The highest BCUT2D eigenvalue weighted by atomic mass is 35.5. The van der Waals surface area contributed by atoms with Gasteiger partial charge in [0, 0.05) is 43.6 Å². The monoisotopic (exact) mass is 401 g/mol. The zero-order valence-corrected chi connectivity index (χ0v) is 17.1. The number of aromatic nitrogens is 1. The number of rotatable bonds is 5. The first-order chi connectivity index (χ1) is 13.3. The van der Waals surface area contributed by atoms with E-state index in [-0.39, 0.29) is 17.8 Å². The van der Waals surface area contributed by atoms with Gasteiger partial charge in [-0.15, -0.1) is 0 Å². The summed E-state index contributed by atoms with van der Waals surface area (Å²) in [5, 5.41) is 0.337. The maximum Gasteiger partial charge on any atom is 0.255 e. The Balaban J connectivity index is 1.62. The summed E-state index contributed by atoms with van der Waals surface area (Å²) in [6, 6.07) is 9.19. The molecule has 1 aromatic carbocycles. The molecule has 3 rings (SSSR count). The fraction of sp³-hybridized carbons (Fsp3) is 0.381. The van der Waals surface area contributed by atoms with E-state index in [4.69, 9.17) is 16.3 Å². The Bertz CT molecular complexity index is 860. The molecule has 6 nitrogen and oxygen atoms in total. The van der Waals surface area contributed by atoms with E-state index in [2.05, 4.69) is 9.88 Å². The normalized spacial score (nSPS) is 14.3. The van der Waals surface area contributed by atoms with Crippen LogP contribution >= 0.6 is 11.6 Å². The molecular weight excluding hydrogens is 378 g/mol. The van der Waals surface area contributed by atoms with E-state index in [1.165, 1.54) is 6.20 Å². The number of halogens is 1. The molecular formula is C21H24ClN3O3. The molecule has 1 aliphatic heterocycles. The van der Waals surface area contributed by atoms with Gasteiger partial charge in [-0.25, -0.2) is 4.98 Å². The molecule has 1 aromatic heterocycles. The van der Waals surface area contributed by atoms with Crippen LogP contribution in [0, 0.1) is 0 Å². The minimum absolute atomic E-state index is 0.0378. The Hall–Kier alpha value is -2.60. The van der Waals surface area contributed by atoms with E-state index in [1.807, 2.05) is 38.1 Å². The van der Waals surface area contributed by atoms with E-state index in [9.17, 15) is 9.59 Å². The summed E-state index contributed by atoms with van der Waals surface area (Å²) in [6.45, 7) is 8.00. The largest absolute Gasteiger partial charge is 0.474 e. The zero-order valence-electron chi connectivity index (χ0n) is 16.3. The molecule has 0 bridgehead atoms. The molecule has 0 atom stereocenters. The van der Waals surface area contributed by atoms with Crippen LogP contribution in [0.4, 0.5) is 5.69 Å². The molecule has 28 heavy (non-hydrogen) atoms. The molecule has 0 saturated carbocycles. The van der Waals surface area contributed by atoms with Crippen molar-refractivity contribution in [1.82, 2.24) is 9.88 Å².